The first-order valence-electron chi connectivity index (χ1n) is 8.50. The number of piperidine rings is 1. The maximum absolute atomic E-state index is 12.1. The molecule has 1 fully saturated rings. The molecule has 0 saturated carbocycles. The summed E-state index contributed by atoms with van der Waals surface area (Å²) < 4.78 is 10.8. The van der Waals surface area contributed by atoms with Crippen LogP contribution in [0.5, 0.6) is 0 Å². The van der Waals surface area contributed by atoms with Crippen LogP contribution in [0.15, 0.2) is 22.7 Å². The Morgan fingerprint density at radius 3 is 2.58 bits per heavy atom. The highest BCUT2D eigenvalue weighted by atomic mass is 35.5. The Kier molecular flexibility index (Phi) is 5.44. The van der Waals surface area contributed by atoms with Gasteiger partial charge in [-0.2, -0.15) is 4.98 Å². The second-order valence-electron chi connectivity index (χ2n) is 7.32. The second-order valence-corrected chi connectivity index (χ2v) is 8.17. The summed E-state index contributed by atoms with van der Waals surface area (Å²) in [6.45, 7) is 6.77. The van der Waals surface area contributed by atoms with E-state index in [1.807, 2.05) is 20.8 Å². The molecule has 3 rings (SSSR count). The number of rotatable bonds is 2. The highest BCUT2D eigenvalue weighted by Gasteiger charge is 2.30. The third-order valence-electron chi connectivity index (χ3n) is 4.11. The number of benzene rings is 1. The van der Waals surface area contributed by atoms with E-state index in [0.29, 0.717) is 40.4 Å². The van der Waals surface area contributed by atoms with E-state index in [0.717, 1.165) is 12.8 Å². The minimum atomic E-state index is -0.493. The van der Waals surface area contributed by atoms with Gasteiger partial charge in [0, 0.05) is 29.6 Å². The van der Waals surface area contributed by atoms with Crippen molar-refractivity contribution in [3.8, 4) is 11.4 Å². The molecule has 0 bridgehead atoms. The third kappa shape index (κ3) is 4.48. The van der Waals surface area contributed by atoms with E-state index in [2.05, 4.69) is 10.1 Å². The molecule has 1 saturated heterocycles. The molecule has 1 amide bonds. The number of carbonyl (C=O) groups excluding carboxylic acids is 1. The van der Waals surface area contributed by atoms with Crippen molar-refractivity contribution in [1.82, 2.24) is 15.0 Å². The molecule has 1 aromatic carbocycles. The van der Waals surface area contributed by atoms with Gasteiger partial charge in [0.05, 0.1) is 5.02 Å². The molecule has 26 heavy (non-hydrogen) atoms. The van der Waals surface area contributed by atoms with Gasteiger partial charge in [0.2, 0.25) is 11.7 Å². The molecule has 6 nitrogen and oxygen atoms in total. The molecular formula is C18H21Cl2N3O3. The van der Waals surface area contributed by atoms with Gasteiger partial charge in [0.1, 0.15) is 5.60 Å². The maximum Gasteiger partial charge on any atom is 0.410 e. The van der Waals surface area contributed by atoms with Crippen molar-refractivity contribution in [2.45, 2.75) is 45.1 Å². The van der Waals surface area contributed by atoms with Crippen molar-refractivity contribution in [1.29, 1.82) is 0 Å². The number of nitrogens with zero attached hydrogens (tertiary/aromatic N) is 3. The fraction of sp³-hybridized carbons (Fsp3) is 0.500. The van der Waals surface area contributed by atoms with Crippen LogP contribution in [0.1, 0.15) is 45.4 Å². The molecule has 140 valence electrons. The number of halogens is 2. The number of aromatic nitrogens is 2. The average Bonchev–Trinajstić information content (AvgIpc) is 3.03. The van der Waals surface area contributed by atoms with Crippen molar-refractivity contribution in [2.24, 2.45) is 0 Å². The third-order valence-corrected chi connectivity index (χ3v) is 4.66. The SMILES string of the molecule is CC(C)(C)OC(=O)N1CCC(c2nc(-c3ccc(Cl)cc3Cl)no2)CC1. The van der Waals surface area contributed by atoms with Crippen molar-refractivity contribution < 1.29 is 14.1 Å². The van der Waals surface area contributed by atoms with E-state index in [1.54, 1.807) is 23.1 Å². The minimum absolute atomic E-state index is 0.112. The summed E-state index contributed by atoms with van der Waals surface area (Å²) in [7, 11) is 0. The van der Waals surface area contributed by atoms with Crippen molar-refractivity contribution in [3.63, 3.8) is 0 Å². The van der Waals surface area contributed by atoms with Gasteiger partial charge in [0.15, 0.2) is 0 Å². The molecular weight excluding hydrogens is 377 g/mol. The molecule has 0 radical (unpaired) electrons. The van der Waals surface area contributed by atoms with Gasteiger partial charge in [0.25, 0.3) is 0 Å². The summed E-state index contributed by atoms with van der Waals surface area (Å²) in [5.74, 6) is 1.12. The lowest BCUT2D eigenvalue weighted by atomic mass is 9.97. The first-order valence-corrected chi connectivity index (χ1v) is 9.25. The number of likely N-dealkylation sites (tertiary alicyclic amines) is 1. The molecule has 1 aromatic heterocycles. The first kappa shape index (κ1) is 19.0. The summed E-state index contributed by atoms with van der Waals surface area (Å²) in [6, 6.07) is 5.15. The van der Waals surface area contributed by atoms with Crippen LogP contribution in [0.3, 0.4) is 0 Å². The number of carbonyl (C=O) groups is 1. The number of hydrogen-bond acceptors (Lipinski definition) is 5. The molecule has 2 aromatic rings. The smallest absolute Gasteiger partial charge is 0.410 e. The zero-order valence-corrected chi connectivity index (χ0v) is 16.5. The Hall–Kier alpha value is -1.79. The van der Waals surface area contributed by atoms with Gasteiger partial charge in [-0.15, -0.1) is 0 Å². The molecule has 0 N–H and O–H groups in total. The highest BCUT2D eigenvalue weighted by Crippen LogP contribution is 2.32. The Bertz CT molecular complexity index is 793. The first-order chi connectivity index (χ1) is 12.2. The van der Waals surface area contributed by atoms with E-state index in [4.69, 9.17) is 32.5 Å². The predicted octanol–water partition coefficient (Wildman–Crippen LogP) is 5.16. The van der Waals surface area contributed by atoms with Crippen LogP contribution in [-0.4, -0.2) is 39.8 Å². The Morgan fingerprint density at radius 1 is 1.27 bits per heavy atom. The standard InChI is InChI=1S/C18H21Cl2N3O3/c1-18(2,3)25-17(24)23-8-6-11(7-9-23)16-21-15(22-26-16)13-5-4-12(19)10-14(13)20/h4-5,10-11H,6-9H2,1-3H3. The molecule has 0 atom stereocenters. The number of ether oxygens (including phenoxy) is 1. The summed E-state index contributed by atoms with van der Waals surface area (Å²) in [5.41, 5.74) is 0.185. The van der Waals surface area contributed by atoms with E-state index in [1.165, 1.54) is 0 Å². The average molecular weight is 398 g/mol. The van der Waals surface area contributed by atoms with Gasteiger partial charge in [-0.05, 0) is 51.8 Å². The summed E-state index contributed by atoms with van der Waals surface area (Å²) in [5, 5.41) is 5.07. The predicted molar refractivity (Wildman–Crippen MR) is 99.5 cm³/mol. The second kappa shape index (κ2) is 7.45. The van der Waals surface area contributed by atoms with Gasteiger partial charge < -0.3 is 14.2 Å². The molecule has 2 heterocycles. The number of amides is 1. The van der Waals surface area contributed by atoms with Gasteiger partial charge in [-0.3, -0.25) is 0 Å². The largest absolute Gasteiger partial charge is 0.444 e. The quantitative estimate of drug-likeness (QED) is 0.699. The summed E-state index contributed by atoms with van der Waals surface area (Å²) >= 11 is 12.1. The van der Waals surface area contributed by atoms with Gasteiger partial charge in [-0.25, -0.2) is 4.79 Å². The number of hydrogen-bond donors (Lipinski definition) is 0. The molecule has 0 aliphatic carbocycles. The summed E-state index contributed by atoms with van der Waals surface area (Å²) in [6.07, 6.45) is 1.21. The molecule has 0 spiro atoms. The van der Waals surface area contributed by atoms with Crippen molar-refractivity contribution >= 4 is 29.3 Å². The lowest BCUT2D eigenvalue weighted by Crippen LogP contribution is -2.41. The Balaban J connectivity index is 1.64. The lowest BCUT2D eigenvalue weighted by molar-refractivity contribution is 0.0198. The molecule has 1 aliphatic heterocycles. The van der Waals surface area contributed by atoms with Crippen LogP contribution in [-0.2, 0) is 4.74 Å². The van der Waals surface area contributed by atoms with Crippen molar-refractivity contribution in [2.75, 3.05) is 13.1 Å². The lowest BCUT2D eigenvalue weighted by Gasteiger charge is -2.32. The van der Waals surface area contributed by atoms with E-state index >= 15 is 0 Å². The van der Waals surface area contributed by atoms with Crippen LogP contribution in [0.25, 0.3) is 11.4 Å². The monoisotopic (exact) mass is 397 g/mol. The van der Waals surface area contributed by atoms with Crippen LogP contribution in [0.2, 0.25) is 10.0 Å². The maximum atomic E-state index is 12.1. The van der Waals surface area contributed by atoms with Crippen LogP contribution < -0.4 is 0 Å². The van der Waals surface area contributed by atoms with E-state index in [9.17, 15) is 4.79 Å². The molecule has 1 aliphatic rings. The Labute approximate surface area is 162 Å². The molecule has 0 unspecified atom stereocenters. The zero-order chi connectivity index (χ0) is 18.9. The Morgan fingerprint density at radius 2 is 1.96 bits per heavy atom. The van der Waals surface area contributed by atoms with Crippen LogP contribution in [0, 0.1) is 0 Å². The minimum Gasteiger partial charge on any atom is -0.444 e. The summed E-state index contributed by atoms with van der Waals surface area (Å²) in [4.78, 5) is 18.3. The van der Waals surface area contributed by atoms with Crippen LogP contribution in [0.4, 0.5) is 4.79 Å². The van der Waals surface area contributed by atoms with Crippen molar-refractivity contribution in [3.05, 3.63) is 34.1 Å². The van der Waals surface area contributed by atoms with Gasteiger partial charge >= 0.3 is 6.09 Å². The van der Waals surface area contributed by atoms with E-state index in [-0.39, 0.29) is 12.0 Å². The van der Waals surface area contributed by atoms with Crippen LogP contribution >= 0.6 is 23.2 Å². The zero-order valence-electron chi connectivity index (χ0n) is 15.0. The normalized spacial score (nSPS) is 16.0. The fourth-order valence-corrected chi connectivity index (χ4v) is 3.31. The van der Waals surface area contributed by atoms with E-state index < -0.39 is 5.60 Å². The topological polar surface area (TPSA) is 68.5 Å². The fourth-order valence-electron chi connectivity index (χ4n) is 2.82. The van der Waals surface area contributed by atoms with Gasteiger partial charge in [-0.1, -0.05) is 28.4 Å². The highest BCUT2D eigenvalue weighted by molar-refractivity contribution is 6.36. The molecule has 8 heteroatoms.